The topological polar surface area (TPSA) is 82.1 Å². The molecule has 6 nitrogen and oxygen atoms in total. The second kappa shape index (κ2) is 13.5. The average molecular weight is 499 g/mol. The molecule has 0 saturated carbocycles. The van der Waals surface area contributed by atoms with Crippen molar-refractivity contribution < 1.29 is 28.9 Å². The van der Waals surface area contributed by atoms with Gasteiger partial charge < -0.3 is 19.3 Å². The van der Waals surface area contributed by atoms with Crippen LogP contribution in [0.3, 0.4) is 0 Å². The molecule has 0 radical (unpaired) electrons. The number of aliphatic carboxylic acids is 1. The molecular formula is C31H30O6. The summed E-state index contributed by atoms with van der Waals surface area (Å²) in [5.74, 6) is -0.0467. The first kappa shape index (κ1) is 27.0. The first-order chi connectivity index (χ1) is 17.9. The largest absolute Gasteiger partial charge is 0.482 e. The van der Waals surface area contributed by atoms with Crippen LogP contribution < -0.4 is 9.47 Å². The molecular weight excluding hydrogens is 468 g/mol. The number of esters is 1. The zero-order valence-electron chi connectivity index (χ0n) is 21.1. The normalized spacial score (nSPS) is 10.0. The number of carbonyl (C=O) groups is 2. The quantitative estimate of drug-likeness (QED) is 0.286. The second-order valence-electron chi connectivity index (χ2n) is 8.14. The third-order valence-electron chi connectivity index (χ3n) is 5.66. The van der Waals surface area contributed by atoms with Gasteiger partial charge in [-0.1, -0.05) is 84.9 Å². The monoisotopic (exact) mass is 498 g/mol. The Kier molecular flexibility index (Phi) is 9.85. The van der Waals surface area contributed by atoms with E-state index in [0.29, 0.717) is 11.5 Å². The Morgan fingerprint density at radius 2 is 1.05 bits per heavy atom. The zero-order chi connectivity index (χ0) is 26.6. The smallest absolute Gasteiger partial charge is 0.343 e. The molecule has 190 valence electrons. The summed E-state index contributed by atoms with van der Waals surface area (Å²) < 4.78 is 15.3. The van der Waals surface area contributed by atoms with Gasteiger partial charge in [-0.05, 0) is 59.4 Å². The number of ether oxygens (including phenoxy) is 3. The molecule has 0 heterocycles. The summed E-state index contributed by atoms with van der Waals surface area (Å²) in [5.41, 5.74) is 6.34. The minimum Gasteiger partial charge on any atom is -0.482 e. The fraction of sp³-hybridized carbons (Fsp3) is 0.161. The minimum atomic E-state index is -0.973. The number of carbonyl (C=O) groups excluding carboxylic acids is 1. The molecule has 4 aromatic carbocycles. The molecule has 0 atom stereocenters. The lowest BCUT2D eigenvalue weighted by atomic mass is 10.00. The summed E-state index contributed by atoms with van der Waals surface area (Å²) in [6.07, 6.45) is 0. The van der Waals surface area contributed by atoms with Gasteiger partial charge >= 0.3 is 11.9 Å². The van der Waals surface area contributed by atoms with E-state index >= 15 is 0 Å². The summed E-state index contributed by atoms with van der Waals surface area (Å²) in [5, 5.41) is 8.63. The molecule has 0 aliphatic carbocycles. The molecule has 6 heteroatoms. The summed E-state index contributed by atoms with van der Waals surface area (Å²) in [6, 6.07) is 31.5. The third-order valence-corrected chi connectivity index (χ3v) is 5.66. The molecule has 0 aliphatic rings. The van der Waals surface area contributed by atoms with Gasteiger partial charge in [0.15, 0.2) is 13.2 Å². The van der Waals surface area contributed by atoms with Crippen LogP contribution in [0.25, 0.3) is 22.3 Å². The first-order valence-electron chi connectivity index (χ1n) is 11.7. The lowest BCUT2D eigenvalue weighted by Gasteiger charge is -2.12. The van der Waals surface area contributed by atoms with E-state index in [4.69, 9.17) is 14.6 Å². The van der Waals surface area contributed by atoms with Crippen LogP contribution in [0.2, 0.25) is 0 Å². The standard InChI is InChI=1S/C16H16O3.C15H14O3/c1-12-14(13-7-4-3-5-8-13)9-6-10-15(12)19-11-16(17)18-2;1-11-13(12-6-3-2-4-7-12)8-5-9-14(11)18-10-15(16)17/h3-10H,11H2,1-2H3;2-9H,10H2,1H3,(H,16,17). The van der Waals surface area contributed by atoms with Crippen molar-refractivity contribution in [3.05, 3.63) is 108 Å². The van der Waals surface area contributed by atoms with E-state index in [1.165, 1.54) is 7.11 Å². The van der Waals surface area contributed by atoms with E-state index < -0.39 is 5.97 Å². The number of benzene rings is 4. The molecule has 0 amide bonds. The maximum absolute atomic E-state index is 11.1. The zero-order valence-corrected chi connectivity index (χ0v) is 21.1. The van der Waals surface area contributed by atoms with Crippen molar-refractivity contribution >= 4 is 11.9 Å². The van der Waals surface area contributed by atoms with Gasteiger partial charge in [-0.15, -0.1) is 0 Å². The van der Waals surface area contributed by atoms with Gasteiger partial charge in [0.25, 0.3) is 0 Å². The van der Waals surface area contributed by atoms with Crippen LogP contribution >= 0.6 is 0 Å². The van der Waals surface area contributed by atoms with Crippen molar-refractivity contribution in [2.45, 2.75) is 13.8 Å². The van der Waals surface area contributed by atoms with Gasteiger partial charge in [-0.25, -0.2) is 9.59 Å². The molecule has 1 N–H and O–H groups in total. The Bertz CT molecular complexity index is 1320. The second-order valence-corrected chi connectivity index (χ2v) is 8.14. The molecule has 0 unspecified atom stereocenters. The molecule has 37 heavy (non-hydrogen) atoms. The Hall–Kier alpha value is -4.58. The van der Waals surface area contributed by atoms with Crippen LogP contribution in [0.4, 0.5) is 0 Å². The maximum Gasteiger partial charge on any atom is 0.343 e. The van der Waals surface area contributed by atoms with Gasteiger partial charge in [-0.2, -0.15) is 0 Å². The molecule has 0 bridgehead atoms. The van der Waals surface area contributed by atoms with Gasteiger partial charge in [0.05, 0.1) is 7.11 Å². The third kappa shape index (κ3) is 7.70. The van der Waals surface area contributed by atoms with Gasteiger partial charge in [-0.3, -0.25) is 0 Å². The number of hydrogen-bond donors (Lipinski definition) is 1. The van der Waals surface area contributed by atoms with E-state index in [9.17, 15) is 9.59 Å². The Morgan fingerprint density at radius 1 is 0.622 bits per heavy atom. The highest BCUT2D eigenvalue weighted by molar-refractivity contribution is 5.73. The summed E-state index contributed by atoms with van der Waals surface area (Å²) in [4.78, 5) is 21.6. The molecule has 0 fully saturated rings. The van der Waals surface area contributed by atoms with Crippen molar-refractivity contribution in [3.8, 4) is 33.8 Å². The van der Waals surface area contributed by atoms with E-state index in [0.717, 1.165) is 33.4 Å². The molecule has 0 saturated heterocycles. The van der Waals surface area contributed by atoms with Crippen LogP contribution in [0.15, 0.2) is 97.1 Å². The predicted molar refractivity (Wildman–Crippen MR) is 144 cm³/mol. The summed E-state index contributed by atoms with van der Waals surface area (Å²) >= 11 is 0. The van der Waals surface area contributed by atoms with Crippen LogP contribution in [0.5, 0.6) is 11.5 Å². The number of rotatable bonds is 8. The number of carboxylic acids is 1. The molecule has 0 spiro atoms. The van der Waals surface area contributed by atoms with Crippen LogP contribution in [0, 0.1) is 13.8 Å². The summed E-state index contributed by atoms with van der Waals surface area (Å²) in [7, 11) is 1.35. The predicted octanol–water partition coefficient (Wildman–Crippen LogP) is 6.34. The van der Waals surface area contributed by atoms with Crippen molar-refractivity contribution in [2.24, 2.45) is 0 Å². The molecule has 4 aromatic rings. The van der Waals surface area contributed by atoms with E-state index in [1.807, 2.05) is 105 Å². The molecule has 0 aliphatic heterocycles. The van der Waals surface area contributed by atoms with Crippen molar-refractivity contribution in [1.29, 1.82) is 0 Å². The summed E-state index contributed by atoms with van der Waals surface area (Å²) in [6.45, 7) is 3.52. The maximum atomic E-state index is 11.1. The van der Waals surface area contributed by atoms with Crippen LogP contribution in [0.1, 0.15) is 11.1 Å². The minimum absolute atomic E-state index is 0.0738. The Balaban J connectivity index is 0.000000206. The molecule has 0 aromatic heterocycles. The van der Waals surface area contributed by atoms with E-state index in [1.54, 1.807) is 6.07 Å². The highest BCUT2D eigenvalue weighted by Gasteiger charge is 2.09. The van der Waals surface area contributed by atoms with Crippen molar-refractivity contribution in [1.82, 2.24) is 0 Å². The lowest BCUT2D eigenvalue weighted by Crippen LogP contribution is -2.13. The van der Waals surface area contributed by atoms with E-state index in [-0.39, 0.29) is 19.2 Å². The van der Waals surface area contributed by atoms with Crippen molar-refractivity contribution in [3.63, 3.8) is 0 Å². The fourth-order valence-electron chi connectivity index (χ4n) is 3.74. The average Bonchev–Trinajstić information content (AvgIpc) is 2.93. The van der Waals surface area contributed by atoms with Crippen molar-refractivity contribution in [2.75, 3.05) is 20.3 Å². The SMILES string of the molecule is COC(=O)COc1cccc(-c2ccccc2)c1C.Cc1c(OCC(=O)O)cccc1-c1ccccc1. The molecule has 4 rings (SSSR count). The highest BCUT2D eigenvalue weighted by Crippen LogP contribution is 2.30. The Morgan fingerprint density at radius 3 is 1.46 bits per heavy atom. The van der Waals surface area contributed by atoms with Crippen LogP contribution in [-0.4, -0.2) is 37.4 Å². The van der Waals surface area contributed by atoms with Gasteiger partial charge in [0.2, 0.25) is 0 Å². The first-order valence-corrected chi connectivity index (χ1v) is 11.7. The van der Waals surface area contributed by atoms with Gasteiger partial charge in [0, 0.05) is 0 Å². The fourth-order valence-corrected chi connectivity index (χ4v) is 3.74. The van der Waals surface area contributed by atoms with Crippen LogP contribution in [-0.2, 0) is 14.3 Å². The Labute approximate surface area is 217 Å². The highest BCUT2D eigenvalue weighted by atomic mass is 16.6. The van der Waals surface area contributed by atoms with Gasteiger partial charge in [0.1, 0.15) is 11.5 Å². The lowest BCUT2D eigenvalue weighted by molar-refractivity contribution is -0.143. The number of carboxylic acid groups (broad SMARTS) is 1. The number of hydrogen-bond acceptors (Lipinski definition) is 5. The van der Waals surface area contributed by atoms with E-state index in [2.05, 4.69) is 4.74 Å². The number of methoxy groups -OCH3 is 1.